The fourth-order valence-electron chi connectivity index (χ4n) is 3.96. The van der Waals surface area contributed by atoms with Crippen LogP contribution >= 0.6 is 0 Å². The highest BCUT2D eigenvalue weighted by molar-refractivity contribution is 5.89. The number of rotatable bonds is 2. The number of ether oxygens (including phenoxy) is 1. The molecule has 1 saturated heterocycles. The first-order valence-corrected chi connectivity index (χ1v) is 9.60. The van der Waals surface area contributed by atoms with Crippen LogP contribution in [0.1, 0.15) is 18.7 Å². The Bertz CT molecular complexity index is 903. The van der Waals surface area contributed by atoms with Gasteiger partial charge in [0.25, 0.3) is 5.91 Å². The number of aromatic nitrogens is 2. The molecular formula is C20H24FN5O3. The molecule has 154 valence electrons. The molecule has 2 aromatic rings. The van der Waals surface area contributed by atoms with Gasteiger partial charge in [-0.3, -0.25) is 4.79 Å². The van der Waals surface area contributed by atoms with Gasteiger partial charge in [-0.2, -0.15) is 0 Å². The maximum Gasteiger partial charge on any atom is 0.321 e. The summed E-state index contributed by atoms with van der Waals surface area (Å²) in [5, 5.41) is 2.78. The Morgan fingerprint density at radius 1 is 1.24 bits per heavy atom. The van der Waals surface area contributed by atoms with Gasteiger partial charge in [0.1, 0.15) is 17.2 Å². The molecule has 0 bridgehead atoms. The third-order valence-corrected chi connectivity index (χ3v) is 5.52. The lowest BCUT2D eigenvalue weighted by molar-refractivity contribution is -0.177. The normalized spacial score (nSPS) is 20.2. The van der Waals surface area contributed by atoms with Crippen LogP contribution < -0.4 is 5.32 Å². The number of nitrogens with zero attached hydrogens (tertiary/aromatic N) is 4. The van der Waals surface area contributed by atoms with Gasteiger partial charge in [-0.15, -0.1) is 0 Å². The van der Waals surface area contributed by atoms with Gasteiger partial charge in [-0.1, -0.05) is 0 Å². The molecule has 1 fully saturated rings. The van der Waals surface area contributed by atoms with Crippen molar-refractivity contribution in [3.63, 3.8) is 0 Å². The van der Waals surface area contributed by atoms with Gasteiger partial charge < -0.3 is 24.4 Å². The number of urea groups is 1. The monoisotopic (exact) mass is 401 g/mol. The molecule has 0 saturated carbocycles. The van der Waals surface area contributed by atoms with Crippen molar-refractivity contribution < 1.29 is 18.7 Å². The van der Waals surface area contributed by atoms with E-state index in [1.165, 1.54) is 29.2 Å². The summed E-state index contributed by atoms with van der Waals surface area (Å²) in [5.41, 5.74) is -0.150. The van der Waals surface area contributed by atoms with E-state index < -0.39 is 11.7 Å². The lowest BCUT2D eigenvalue weighted by atomic mass is 9.88. The van der Waals surface area contributed by atoms with E-state index in [0.29, 0.717) is 38.2 Å². The second-order valence-electron chi connectivity index (χ2n) is 7.66. The molecule has 8 nitrogen and oxygen atoms in total. The number of piperidine rings is 1. The van der Waals surface area contributed by atoms with Crippen LogP contribution in [0.25, 0.3) is 0 Å². The van der Waals surface area contributed by atoms with E-state index in [2.05, 4.69) is 10.3 Å². The maximum absolute atomic E-state index is 13.0. The molecule has 2 aliphatic rings. The fourth-order valence-corrected chi connectivity index (χ4v) is 3.96. The number of anilines is 1. The van der Waals surface area contributed by atoms with Crippen LogP contribution in [-0.2, 0) is 21.7 Å². The number of hydrogen-bond donors (Lipinski definition) is 1. The Kier molecular flexibility index (Phi) is 4.99. The Morgan fingerprint density at radius 3 is 2.59 bits per heavy atom. The van der Waals surface area contributed by atoms with E-state index in [-0.39, 0.29) is 17.8 Å². The number of hydrogen-bond acceptors (Lipinski definition) is 4. The first kappa shape index (κ1) is 19.4. The minimum absolute atomic E-state index is 0.0831. The summed E-state index contributed by atoms with van der Waals surface area (Å²) in [4.78, 5) is 32.8. The molecule has 3 amide bonds. The summed E-state index contributed by atoms with van der Waals surface area (Å²) < 4.78 is 21.3. The average molecular weight is 401 g/mol. The molecule has 1 spiro atoms. The van der Waals surface area contributed by atoms with E-state index >= 15 is 0 Å². The largest absolute Gasteiger partial charge is 0.352 e. The summed E-state index contributed by atoms with van der Waals surface area (Å²) in [5.74, 6) is 0.369. The number of benzene rings is 1. The smallest absolute Gasteiger partial charge is 0.321 e. The van der Waals surface area contributed by atoms with Gasteiger partial charge >= 0.3 is 6.03 Å². The topological polar surface area (TPSA) is 79.7 Å². The van der Waals surface area contributed by atoms with Crippen LogP contribution in [0.3, 0.4) is 0 Å². The maximum atomic E-state index is 13.0. The zero-order chi connectivity index (χ0) is 20.6. The highest BCUT2D eigenvalue weighted by atomic mass is 19.1. The Labute approximate surface area is 168 Å². The molecular weight excluding hydrogens is 377 g/mol. The molecule has 9 heteroatoms. The van der Waals surface area contributed by atoms with E-state index in [9.17, 15) is 14.0 Å². The fraction of sp³-hybridized carbons (Fsp3) is 0.450. The molecule has 3 heterocycles. The highest BCUT2D eigenvalue weighted by Crippen LogP contribution is 2.40. The Balaban J connectivity index is 1.46. The van der Waals surface area contributed by atoms with E-state index in [4.69, 9.17) is 4.74 Å². The van der Waals surface area contributed by atoms with Crippen LogP contribution in [0, 0.1) is 5.82 Å². The summed E-state index contributed by atoms with van der Waals surface area (Å²) in [6.07, 6.45) is 4.09. The molecule has 1 N–H and O–H groups in total. The zero-order valence-corrected chi connectivity index (χ0v) is 16.5. The van der Waals surface area contributed by atoms with Gasteiger partial charge in [0.05, 0.1) is 6.54 Å². The summed E-state index contributed by atoms with van der Waals surface area (Å²) in [6.45, 7) is 1.36. The van der Waals surface area contributed by atoms with Crippen molar-refractivity contribution in [1.29, 1.82) is 0 Å². The van der Waals surface area contributed by atoms with Crippen molar-refractivity contribution in [3.8, 4) is 0 Å². The minimum Gasteiger partial charge on any atom is -0.352 e. The number of carbonyl (C=O) groups excluding carboxylic acids is 2. The van der Waals surface area contributed by atoms with Gasteiger partial charge in [0.2, 0.25) is 0 Å². The lowest BCUT2D eigenvalue weighted by Crippen LogP contribution is -2.55. The summed E-state index contributed by atoms with van der Waals surface area (Å²) >= 11 is 0. The SMILES string of the molecule is CN(C)C(=O)[C@H]1Cn2ccnc2C2(CCN(C(=O)Nc3ccc(F)cc3)CC2)O1. The van der Waals surface area contributed by atoms with E-state index in [1.807, 2.05) is 10.8 Å². The summed E-state index contributed by atoms with van der Waals surface area (Å²) in [6, 6.07) is 5.41. The van der Waals surface area contributed by atoms with Crippen LogP contribution in [-0.4, -0.2) is 64.6 Å². The predicted molar refractivity (Wildman–Crippen MR) is 104 cm³/mol. The van der Waals surface area contributed by atoms with Crippen molar-refractivity contribution in [2.24, 2.45) is 0 Å². The number of likely N-dealkylation sites (tertiary alicyclic amines) is 1. The van der Waals surface area contributed by atoms with E-state index in [1.54, 1.807) is 25.2 Å². The van der Waals surface area contributed by atoms with Gasteiger partial charge in [-0.05, 0) is 24.3 Å². The number of fused-ring (bicyclic) bond motifs is 2. The molecule has 1 aromatic carbocycles. The van der Waals surface area contributed by atoms with Crippen LogP contribution in [0.4, 0.5) is 14.9 Å². The number of imidazole rings is 1. The standard InChI is InChI=1S/C20H24FN5O3/c1-24(2)17(27)16-13-26-12-9-22-18(26)20(29-16)7-10-25(11-8-20)19(28)23-15-5-3-14(21)4-6-15/h3-6,9,12,16H,7-8,10-11,13H2,1-2H3,(H,23,28)/t16-/m1/s1. The second kappa shape index (κ2) is 7.47. The third kappa shape index (κ3) is 3.69. The first-order valence-electron chi connectivity index (χ1n) is 9.60. The van der Waals surface area contributed by atoms with Crippen molar-refractivity contribution in [3.05, 3.63) is 48.3 Å². The Morgan fingerprint density at radius 2 is 1.93 bits per heavy atom. The van der Waals surface area contributed by atoms with Gasteiger partial charge in [0, 0.05) is 58.1 Å². The third-order valence-electron chi connectivity index (χ3n) is 5.52. The van der Waals surface area contributed by atoms with Gasteiger partial charge in [-0.25, -0.2) is 14.2 Å². The predicted octanol–water partition coefficient (Wildman–Crippen LogP) is 2.03. The Hall–Kier alpha value is -2.94. The van der Waals surface area contributed by atoms with Crippen LogP contribution in [0.15, 0.2) is 36.7 Å². The molecule has 0 unspecified atom stereocenters. The lowest BCUT2D eigenvalue weighted by Gasteiger charge is -2.45. The average Bonchev–Trinajstić information content (AvgIpc) is 3.19. The molecule has 1 aromatic heterocycles. The molecule has 4 rings (SSSR count). The van der Waals surface area contributed by atoms with Crippen molar-refractivity contribution in [2.75, 3.05) is 32.5 Å². The first-order chi connectivity index (χ1) is 13.9. The summed E-state index contributed by atoms with van der Waals surface area (Å²) in [7, 11) is 3.42. The van der Waals surface area contributed by atoms with Crippen molar-refractivity contribution in [1.82, 2.24) is 19.4 Å². The number of nitrogens with one attached hydrogen (secondary N) is 1. The molecule has 29 heavy (non-hydrogen) atoms. The van der Waals surface area contributed by atoms with Crippen LogP contribution in [0.2, 0.25) is 0 Å². The van der Waals surface area contributed by atoms with Crippen molar-refractivity contribution >= 4 is 17.6 Å². The second-order valence-corrected chi connectivity index (χ2v) is 7.66. The number of carbonyl (C=O) groups is 2. The van der Waals surface area contributed by atoms with Crippen LogP contribution in [0.5, 0.6) is 0 Å². The number of amides is 3. The van der Waals surface area contributed by atoms with Crippen molar-refractivity contribution in [2.45, 2.75) is 31.1 Å². The molecule has 2 aliphatic heterocycles. The minimum atomic E-state index is -0.690. The quantitative estimate of drug-likeness (QED) is 0.835. The number of likely N-dealkylation sites (N-methyl/N-ethyl adjacent to an activating group) is 1. The molecule has 0 aliphatic carbocycles. The number of halogens is 1. The van der Waals surface area contributed by atoms with Gasteiger partial charge in [0.15, 0.2) is 6.10 Å². The molecule has 0 radical (unpaired) electrons. The highest BCUT2D eigenvalue weighted by Gasteiger charge is 2.47. The van der Waals surface area contributed by atoms with E-state index in [0.717, 1.165) is 5.82 Å². The molecule has 1 atom stereocenters. The zero-order valence-electron chi connectivity index (χ0n) is 16.5.